The number of nitrogens with one attached hydrogen (secondary N) is 1. The average molecular weight is 282 g/mol. The van der Waals surface area contributed by atoms with Gasteiger partial charge in [-0.3, -0.25) is 10.1 Å². The van der Waals surface area contributed by atoms with Crippen molar-refractivity contribution in [3.8, 4) is 16.9 Å². The molecular formula is C12H12ClN3OS. The summed E-state index contributed by atoms with van der Waals surface area (Å²) >= 11 is 11.0. The second-order valence-corrected chi connectivity index (χ2v) is 4.80. The summed E-state index contributed by atoms with van der Waals surface area (Å²) in [6.45, 7) is 3.92. The number of pyridine rings is 1. The molecule has 0 atom stereocenters. The van der Waals surface area contributed by atoms with Crippen molar-refractivity contribution >= 4 is 23.8 Å². The van der Waals surface area contributed by atoms with E-state index in [0.717, 1.165) is 11.1 Å². The molecule has 2 aromatic rings. The Kier molecular flexibility index (Phi) is 3.93. The summed E-state index contributed by atoms with van der Waals surface area (Å²) in [7, 11) is 0. The summed E-state index contributed by atoms with van der Waals surface area (Å²) in [5, 5.41) is 6.87. The molecule has 0 aromatic carbocycles. The van der Waals surface area contributed by atoms with Gasteiger partial charge in [-0.15, -0.1) is 0 Å². The van der Waals surface area contributed by atoms with Gasteiger partial charge < -0.3 is 4.74 Å². The van der Waals surface area contributed by atoms with E-state index in [1.807, 2.05) is 19.9 Å². The predicted molar refractivity (Wildman–Crippen MR) is 73.4 cm³/mol. The van der Waals surface area contributed by atoms with Crippen molar-refractivity contribution in [3.05, 3.63) is 34.3 Å². The highest BCUT2D eigenvalue weighted by molar-refractivity contribution is 7.71. The highest BCUT2D eigenvalue weighted by Crippen LogP contribution is 2.24. The smallest absolute Gasteiger partial charge is 0.150 e. The molecule has 1 N–H and O–H groups in total. The largest absolute Gasteiger partial charge is 0.489 e. The fourth-order valence-corrected chi connectivity index (χ4v) is 1.87. The molecule has 0 unspecified atom stereocenters. The molecule has 4 nitrogen and oxygen atoms in total. The van der Waals surface area contributed by atoms with Crippen molar-refractivity contribution in [2.24, 2.45) is 0 Å². The van der Waals surface area contributed by atoms with Crippen molar-refractivity contribution in [3.63, 3.8) is 0 Å². The lowest BCUT2D eigenvalue weighted by atomic mass is 10.1. The number of H-pyrrole nitrogens is 1. The van der Waals surface area contributed by atoms with Gasteiger partial charge in [0.2, 0.25) is 0 Å². The Labute approximate surface area is 115 Å². The van der Waals surface area contributed by atoms with Crippen molar-refractivity contribution in [1.82, 2.24) is 15.2 Å². The Morgan fingerprint density at radius 2 is 2.11 bits per heavy atom. The molecule has 2 aromatic heterocycles. The minimum absolute atomic E-state index is 0.0950. The number of nitrogens with zero attached hydrogens (tertiary/aromatic N) is 2. The first-order chi connectivity index (χ1) is 8.56. The maximum Gasteiger partial charge on any atom is 0.150 e. The van der Waals surface area contributed by atoms with E-state index in [0.29, 0.717) is 15.5 Å². The van der Waals surface area contributed by atoms with Crippen molar-refractivity contribution in [1.29, 1.82) is 0 Å². The number of hydrogen-bond acceptors (Lipinski definition) is 4. The van der Waals surface area contributed by atoms with Crippen LogP contribution in [-0.4, -0.2) is 21.3 Å². The van der Waals surface area contributed by atoms with Gasteiger partial charge in [0.1, 0.15) is 15.5 Å². The molecule has 0 radical (unpaired) electrons. The number of ether oxygens (including phenoxy) is 1. The van der Waals surface area contributed by atoms with Crippen LogP contribution in [0.1, 0.15) is 13.8 Å². The quantitative estimate of drug-likeness (QED) is 0.873. The molecule has 94 valence electrons. The molecule has 0 amide bonds. The van der Waals surface area contributed by atoms with Gasteiger partial charge in [0.05, 0.1) is 12.3 Å². The fourth-order valence-electron chi connectivity index (χ4n) is 1.50. The van der Waals surface area contributed by atoms with E-state index in [9.17, 15) is 0 Å². The highest BCUT2D eigenvalue weighted by atomic mass is 35.5. The van der Waals surface area contributed by atoms with E-state index in [-0.39, 0.29) is 6.10 Å². The van der Waals surface area contributed by atoms with E-state index >= 15 is 0 Å². The molecule has 0 aliphatic heterocycles. The number of aromatic nitrogens is 3. The van der Waals surface area contributed by atoms with Crippen LogP contribution < -0.4 is 4.74 Å². The number of halogens is 1. The molecule has 0 spiro atoms. The van der Waals surface area contributed by atoms with Crippen molar-refractivity contribution in [2.45, 2.75) is 20.0 Å². The molecule has 2 heterocycles. The first-order valence-corrected chi connectivity index (χ1v) is 6.22. The van der Waals surface area contributed by atoms with Gasteiger partial charge in [-0.05, 0) is 26.0 Å². The van der Waals surface area contributed by atoms with Crippen LogP contribution in [0.25, 0.3) is 11.1 Å². The van der Waals surface area contributed by atoms with E-state index in [4.69, 9.17) is 28.6 Å². The SMILES string of the molecule is CC(C)Oc1cncc(-c2cc(Cl)n[nH]c2=S)c1. The minimum atomic E-state index is 0.0950. The molecule has 0 aliphatic carbocycles. The van der Waals surface area contributed by atoms with Crippen LogP contribution in [-0.2, 0) is 0 Å². The fraction of sp³-hybridized carbons (Fsp3) is 0.250. The van der Waals surface area contributed by atoms with Crippen molar-refractivity contribution < 1.29 is 4.74 Å². The Morgan fingerprint density at radius 1 is 1.33 bits per heavy atom. The Bertz CT molecular complexity index is 612. The molecule has 0 fully saturated rings. The second-order valence-electron chi connectivity index (χ2n) is 4.01. The Morgan fingerprint density at radius 3 is 2.83 bits per heavy atom. The average Bonchev–Trinajstić information content (AvgIpc) is 2.32. The summed E-state index contributed by atoms with van der Waals surface area (Å²) in [4.78, 5) is 4.14. The second kappa shape index (κ2) is 5.46. The van der Waals surface area contributed by atoms with E-state index in [1.165, 1.54) is 0 Å². The van der Waals surface area contributed by atoms with Crippen molar-refractivity contribution in [2.75, 3.05) is 0 Å². The van der Waals surface area contributed by atoms with Crippen LogP contribution in [0.4, 0.5) is 0 Å². The summed E-state index contributed by atoms with van der Waals surface area (Å²) < 4.78 is 6.11. The number of aromatic amines is 1. The summed E-state index contributed by atoms with van der Waals surface area (Å²) in [5.41, 5.74) is 1.63. The third-order valence-electron chi connectivity index (χ3n) is 2.17. The number of rotatable bonds is 3. The predicted octanol–water partition coefficient (Wildman–Crippen LogP) is 3.64. The lowest BCUT2D eigenvalue weighted by molar-refractivity contribution is 0.241. The Hall–Kier alpha value is -1.46. The normalized spacial score (nSPS) is 10.7. The summed E-state index contributed by atoms with van der Waals surface area (Å²) in [6, 6.07) is 3.58. The van der Waals surface area contributed by atoms with E-state index < -0.39 is 0 Å². The van der Waals surface area contributed by atoms with E-state index in [1.54, 1.807) is 18.5 Å². The molecule has 0 bridgehead atoms. The van der Waals surface area contributed by atoms with Crippen LogP contribution in [0.5, 0.6) is 5.75 Å². The lowest BCUT2D eigenvalue weighted by Gasteiger charge is -2.10. The van der Waals surface area contributed by atoms with Gasteiger partial charge in [-0.25, -0.2) is 0 Å². The minimum Gasteiger partial charge on any atom is -0.489 e. The maximum atomic E-state index is 5.85. The molecular weight excluding hydrogens is 270 g/mol. The molecule has 18 heavy (non-hydrogen) atoms. The summed E-state index contributed by atoms with van der Waals surface area (Å²) in [5.74, 6) is 0.699. The van der Waals surface area contributed by atoms with Crippen LogP contribution in [0.15, 0.2) is 24.5 Å². The lowest BCUT2D eigenvalue weighted by Crippen LogP contribution is -2.05. The van der Waals surface area contributed by atoms with Gasteiger partial charge in [-0.2, -0.15) is 5.10 Å². The molecule has 0 saturated carbocycles. The van der Waals surface area contributed by atoms with Gasteiger partial charge in [0.25, 0.3) is 0 Å². The zero-order chi connectivity index (χ0) is 13.1. The maximum absolute atomic E-state index is 5.85. The monoisotopic (exact) mass is 281 g/mol. The van der Waals surface area contributed by atoms with Gasteiger partial charge in [-0.1, -0.05) is 23.8 Å². The molecule has 2 rings (SSSR count). The van der Waals surface area contributed by atoms with E-state index in [2.05, 4.69) is 15.2 Å². The van der Waals surface area contributed by atoms with Gasteiger partial charge in [0.15, 0.2) is 0 Å². The van der Waals surface area contributed by atoms with Gasteiger partial charge >= 0.3 is 0 Å². The zero-order valence-electron chi connectivity index (χ0n) is 9.98. The standard InChI is InChI=1S/C12H12ClN3OS/c1-7(2)17-9-3-8(5-14-6-9)10-4-11(13)15-16-12(10)18/h3-7H,1-2H3,(H,16,18). The molecule has 0 aliphatic rings. The summed E-state index contributed by atoms with van der Waals surface area (Å²) in [6.07, 6.45) is 3.47. The van der Waals surface area contributed by atoms with Crippen LogP contribution in [0, 0.1) is 4.64 Å². The third kappa shape index (κ3) is 3.05. The molecule has 0 saturated heterocycles. The first-order valence-electron chi connectivity index (χ1n) is 5.43. The van der Waals surface area contributed by atoms with Crippen LogP contribution in [0.2, 0.25) is 5.15 Å². The third-order valence-corrected chi connectivity index (χ3v) is 2.67. The molecule has 6 heteroatoms. The Balaban J connectivity index is 2.44. The topological polar surface area (TPSA) is 50.8 Å². The zero-order valence-corrected chi connectivity index (χ0v) is 11.5. The highest BCUT2D eigenvalue weighted by Gasteiger charge is 2.06. The van der Waals surface area contributed by atoms with Crippen LogP contribution >= 0.6 is 23.8 Å². The van der Waals surface area contributed by atoms with Gasteiger partial charge in [0, 0.05) is 17.3 Å². The number of hydrogen-bond donors (Lipinski definition) is 1. The van der Waals surface area contributed by atoms with Crippen LogP contribution in [0.3, 0.4) is 0 Å². The first kappa shape index (κ1) is 13.0.